The van der Waals surface area contributed by atoms with Crippen molar-refractivity contribution < 1.29 is 13.6 Å². The summed E-state index contributed by atoms with van der Waals surface area (Å²) in [6.45, 7) is 1.79. The van der Waals surface area contributed by atoms with Gasteiger partial charge in [-0.3, -0.25) is 14.8 Å². The summed E-state index contributed by atoms with van der Waals surface area (Å²) >= 11 is 2.59. The van der Waals surface area contributed by atoms with Gasteiger partial charge in [-0.05, 0) is 19.1 Å². The van der Waals surface area contributed by atoms with Crippen LogP contribution >= 0.6 is 23.1 Å². The lowest BCUT2D eigenvalue weighted by Gasteiger charge is -2.04. The van der Waals surface area contributed by atoms with Crippen molar-refractivity contribution in [3.63, 3.8) is 0 Å². The van der Waals surface area contributed by atoms with E-state index in [4.69, 9.17) is 5.26 Å². The first-order valence-corrected chi connectivity index (χ1v) is 9.47. The van der Waals surface area contributed by atoms with Crippen LogP contribution in [0.25, 0.3) is 11.3 Å². The molecule has 1 aromatic carbocycles. The molecular formula is C17H13F2N5OS2. The van der Waals surface area contributed by atoms with Gasteiger partial charge < -0.3 is 0 Å². The smallest absolute Gasteiger partial charge is 0.261 e. The van der Waals surface area contributed by atoms with Crippen molar-refractivity contribution in [3.8, 4) is 17.3 Å². The number of anilines is 1. The average Bonchev–Trinajstić information content (AvgIpc) is 3.15. The van der Waals surface area contributed by atoms with Crippen LogP contribution in [-0.2, 0) is 7.05 Å². The fourth-order valence-corrected chi connectivity index (χ4v) is 4.16. The molecular weight excluding hydrogens is 392 g/mol. The number of aryl methyl sites for hydroxylation is 2. The van der Waals surface area contributed by atoms with E-state index in [9.17, 15) is 13.6 Å². The minimum Gasteiger partial charge on any atom is -0.298 e. The van der Waals surface area contributed by atoms with Crippen LogP contribution < -0.4 is 5.32 Å². The maximum Gasteiger partial charge on any atom is 0.261 e. The highest BCUT2D eigenvalue weighted by atomic mass is 32.2. The van der Waals surface area contributed by atoms with Gasteiger partial charge in [0.05, 0.1) is 27.3 Å². The zero-order chi connectivity index (χ0) is 19.6. The standard InChI is InChI=1S/C17H13F2N5OS2/c1-9-16(26-6-5-20)27-17(21-9)22-15(25)12-8-24(2)23-14(12)11-4-3-10(18)7-13(11)19/h3-4,7-8H,6H2,1-2H3,(H,21,22,25). The highest BCUT2D eigenvalue weighted by Gasteiger charge is 2.21. The Bertz CT molecular complexity index is 1050. The van der Waals surface area contributed by atoms with Crippen molar-refractivity contribution in [1.82, 2.24) is 14.8 Å². The van der Waals surface area contributed by atoms with Gasteiger partial charge >= 0.3 is 0 Å². The topological polar surface area (TPSA) is 83.6 Å². The maximum atomic E-state index is 14.1. The number of thiazole rings is 1. The molecule has 0 aliphatic heterocycles. The molecule has 0 aliphatic rings. The van der Waals surface area contributed by atoms with Crippen LogP contribution in [0.3, 0.4) is 0 Å². The molecule has 0 aliphatic carbocycles. The van der Waals surface area contributed by atoms with Crippen LogP contribution in [0.4, 0.5) is 13.9 Å². The number of rotatable bonds is 5. The maximum absolute atomic E-state index is 14.1. The highest BCUT2D eigenvalue weighted by Crippen LogP contribution is 2.32. The molecule has 6 nitrogen and oxygen atoms in total. The fraction of sp³-hybridized carbons (Fsp3) is 0.176. The molecule has 0 unspecified atom stereocenters. The molecule has 2 heterocycles. The summed E-state index contributed by atoms with van der Waals surface area (Å²) in [6, 6.07) is 5.14. The quantitative estimate of drug-likeness (QED) is 0.649. The molecule has 0 saturated carbocycles. The third-order valence-corrected chi connectivity index (χ3v) is 5.80. The molecule has 0 atom stereocenters. The minimum atomic E-state index is -0.803. The number of thioether (sulfide) groups is 1. The summed E-state index contributed by atoms with van der Waals surface area (Å²) in [4.78, 5) is 17.0. The lowest BCUT2D eigenvalue weighted by Crippen LogP contribution is -2.12. The number of nitrogens with one attached hydrogen (secondary N) is 1. The van der Waals surface area contributed by atoms with Gasteiger partial charge in [0, 0.05) is 24.9 Å². The Labute approximate surface area is 161 Å². The summed E-state index contributed by atoms with van der Waals surface area (Å²) in [5, 5.41) is 15.9. The largest absolute Gasteiger partial charge is 0.298 e. The summed E-state index contributed by atoms with van der Waals surface area (Å²) < 4.78 is 29.5. The Hall–Kier alpha value is -2.77. The van der Waals surface area contributed by atoms with Crippen molar-refractivity contribution in [1.29, 1.82) is 5.26 Å². The van der Waals surface area contributed by atoms with Gasteiger partial charge in [0.1, 0.15) is 17.3 Å². The summed E-state index contributed by atoms with van der Waals surface area (Å²) in [7, 11) is 1.60. The van der Waals surface area contributed by atoms with Crippen molar-refractivity contribution in [2.75, 3.05) is 11.1 Å². The first kappa shape index (κ1) is 19.0. The van der Waals surface area contributed by atoms with Crippen molar-refractivity contribution in [2.45, 2.75) is 11.1 Å². The Morgan fingerprint density at radius 1 is 1.44 bits per heavy atom. The summed E-state index contributed by atoms with van der Waals surface area (Å²) in [5.74, 6) is -1.73. The van der Waals surface area contributed by atoms with E-state index in [-0.39, 0.29) is 22.6 Å². The summed E-state index contributed by atoms with van der Waals surface area (Å²) in [6.07, 6.45) is 1.46. The molecule has 0 radical (unpaired) electrons. The van der Waals surface area contributed by atoms with Gasteiger partial charge in [-0.25, -0.2) is 13.8 Å². The molecule has 0 bridgehead atoms. The zero-order valence-corrected chi connectivity index (χ0v) is 15.9. The van der Waals surface area contributed by atoms with Crippen LogP contribution in [0.15, 0.2) is 28.6 Å². The third-order valence-electron chi connectivity index (χ3n) is 3.50. The molecule has 3 rings (SSSR count). The van der Waals surface area contributed by atoms with E-state index in [1.54, 1.807) is 14.0 Å². The Kier molecular flexibility index (Phi) is 5.53. The first-order chi connectivity index (χ1) is 12.9. The van der Waals surface area contributed by atoms with Crippen LogP contribution in [0.1, 0.15) is 16.1 Å². The Morgan fingerprint density at radius 3 is 2.93 bits per heavy atom. The Morgan fingerprint density at radius 2 is 2.22 bits per heavy atom. The molecule has 0 saturated heterocycles. The molecule has 1 amide bonds. The Balaban J connectivity index is 1.89. The van der Waals surface area contributed by atoms with E-state index in [1.165, 1.54) is 40.0 Å². The number of nitrogens with zero attached hydrogens (tertiary/aromatic N) is 4. The van der Waals surface area contributed by atoms with Crippen LogP contribution in [-0.4, -0.2) is 26.4 Å². The van der Waals surface area contributed by atoms with Crippen molar-refractivity contribution >= 4 is 34.1 Å². The van der Waals surface area contributed by atoms with Crippen LogP contribution in [0.5, 0.6) is 0 Å². The third kappa shape index (κ3) is 4.15. The second kappa shape index (κ2) is 7.85. The SMILES string of the molecule is Cc1nc(NC(=O)c2cn(C)nc2-c2ccc(F)cc2F)sc1SCC#N. The van der Waals surface area contributed by atoms with E-state index in [2.05, 4.69) is 15.4 Å². The molecule has 0 spiro atoms. The van der Waals surface area contributed by atoms with E-state index in [1.807, 2.05) is 6.07 Å². The van der Waals surface area contributed by atoms with Crippen molar-refractivity contribution in [2.24, 2.45) is 7.05 Å². The van der Waals surface area contributed by atoms with Gasteiger partial charge in [0.25, 0.3) is 5.91 Å². The van der Waals surface area contributed by atoms with Gasteiger partial charge in [-0.15, -0.1) is 0 Å². The van der Waals surface area contributed by atoms with Gasteiger partial charge in [0.15, 0.2) is 5.13 Å². The zero-order valence-electron chi connectivity index (χ0n) is 14.3. The first-order valence-electron chi connectivity index (χ1n) is 7.66. The van der Waals surface area contributed by atoms with Crippen LogP contribution in [0.2, 0.25) is 0 Å². The van der Waals surface area contributed by atoms with Gasteiger partial charge in [-0.2, -0.15) is 10.4 Å². The van der Waals surface area contributed by atoms with E-state index in [0.29, 0.717) is 10.8 Å². The second-order valence-electron chi connectivity index (χ2n) is 5.48. The molecule has 1 N–H and O–H groups in total. The van der Waals surface area contributed by atoms with Gasteiger partial charge in [0.2, 0.25) is 0 Å². The minimum absolute atomic E-state index is 0.0303. The number of benzene rings is 1. The molecule has 27 heavy (non-hydrogen) atoms. The molecule has 10 heteroatoms. The highest BCUT2D eigenvalue weighted by molar-refractivity contribution is 8.01. The predicted octanol–water partition coefficient (Wildman–Crippen LogP) is 4.00. The molecule has 2 aromatic heterocycles. The van der Waals surface area contributed by atoms with Gasteiger partial charge in [-0.1, -0.05) is 23.1 Å². The number of amides is 1. The fourth-order valence-electron chi connectivity index (χ4n) is 2.37. The van der Waals surface area contributed by atoms with E-state index < -0.39 is 17.5 Å². The number of hydrogen-bond donors (Lipinski definition) is 1. The molecule has 138 valence electrons. The average molecular weight is 405 g/mol. The predicted molar refractivity (Wildman–Crippen MR) is 99.7 cm³/mol. The number of hydrogen-bond acceptors (Lipinski definition) is 6. The lowest BCUT2D eigenvalue weighted by molar-refractivity contribution is 0.102. The number of nitriles is 1. The number of halogens is 2. The van der Waals surface area contributed by atoms with Crippen LogP contribution in [0, 0.1) is 29.9 Å². The summed E-state index contributed by atoms with van der Waals surface area (Å²) in [5.41, 5.74) is 0.996. The second-order valence-corrected chi connectivity index (χ2v) is 7.73. The lowest BCUT2D eigenvalue weighted by atomic mass is 10.1. The monoisotopic (exact) mass is 405 g/mol. The number of carbonyl (C=O) groups is 1. The molecule has 3 aromatic rings. The van der Waals surface area contributed by atoms with Crippen molar-refractivity contribution in [3.05, 3.63) is 47.3 Å². The molecule has 0 fully saturated rings. The number of carbonyl (C=O) groups excluding carboxylic acids is 1. The number of aromatic nitrogens is 3. The van der Waals surface area contributed by atoms with E-state index in [0.717, 1.165) is 16.3 Å². The normalized spacial score (nSPS) is 10.6. The van der Waals surface area contributed by atoms with E-state index >= 15 is 0 Å².